The van der Waals surface area contributed by atoms with Gasteiger partial charge in [0.15, 0.2) is 5.69 Å². The topological polar surface area (TPSA) is 93.5 Å². The minimum atomic E-state index is -1.16. The molecule has 8 heteroatoms. The van der Waals surface area contributed by atoms with E-state index in [1.54, 1.807) is 18.7 Å². The Morgan fingerprint density at radius 3 is 2.69 bits per heavy atom. The van der Waals surface area contributed by atoms with Crippen molar-refractivity contribution in [2.75, 3.05) is 13.2 Å². The first kappa shape index (κ1) is 23.5. The molecule has 3 rings (SSSR count). The van der Waals surface area contributed by atoms with E-state index in [2.05, 4.69) is 24.3 Å². The predicted molar refractivity (Wildman–Crippen MR) is 120 cm³/mol. The number of fused-ring (bicyclic) bond motifs is 1. The van der Waals surface area contributed by atoms with Gasteiger partial charge in [-0.2, -0.15) is 5.10 Å². The van der Waals surface area contributed by atoms with Crippen molar-refractivity contribution < 1.29 is 19.1 Å². The van der Waals surface area contributed by atoms with Crippen molar-refractivity contribution in [2.24, 2.45) is 5.92 Å². The summed E-state index contributed by atoms with van der Waals surface area (Å²) in [5.41, 5.74) is 1.18. The van der Waals surface area contributed by atoms with Gasteiger partial charge in [0.05, 0.1) is 13.2 Å². The Labute approximate surface area is 188 Å². The van der Waals surface area contributed by atoms with Crippen LogP contribution < -0.4 is 5.32 Å². The lowest BCUT2D eigenvalue weighted by atomic mass is 9.93. The fourth-order valence-electron chi connectivity index (χ4n) is 3.85. The van der Waals surface area contributed by atoms with Crippen LogP contribution in [0.4, 0.5) is 0 Å². The molecule has 8 nitrogen and oxygen atoms in total. The number of esters is 1. The zero-order valence-corrected chi connectivity index (χ0v) is 19.5. The monoisotopic (exact) mass is 440 g/mol. The number of amides is 2. The van der Waals surface area contributed by atoms with Crippen molar-refractivity contribution in [1.82, 2.24) is 20.0 Å². The van der Waals surface area contributed by atoms with Crippen LogP contribution in [0, 0.1) is 12.8 Å². The molecule has 0 radical (unpaired) electrons. The van der Waals surface area contributed by atoms with Crippen LogP contribution in [-0.4, -0.2) is 51.2 Å². The highest BCUT2D eigenvalue weighted by atomic mass is 16.5. The molecule has 0 saturated heterocycles. The second kappa shape index (κ2) is 9.54. The predicted octanol–water partition coefficient (Wildman–Crippen LogP) is 2.95. The van der Waals surface area contributed by atoms with Crippen LogP contribution >= 0.6 is 0 Å². The summed E-state index contributed by atoms with van der Waals surface area (Å²) in [4.78, 5) is 40.6. The van der Waals surface area contributed by atoms with Gasteiger partial charge in [0.1, 0.15) is 11.2 Å². The summed E-state index contributed by atoms with van der Waals surface area (Å²) < 4.78 is 6.48. The van der Waals surface area contributed by atoms with E-state index in [9.17, 15) is 14.4 Å². The Balaban J connectivity index is 1.97. The lowest BCUT2D eigenvalue weighted by molar-refractivity contribution is -0.133. The number of carbonyl (C=O) groups is 3. The van der Waals surface area contributed by atoms with E-state index >= 15 is 0 Å². The van der Waals surface area contributed by atoms with Gasteiger partial charge in [-0.1, -0.05) is 43.7 Å². The van der Waals surface area contributed by atoms with Crippen molar-refractivity contribution in [3.05, 3.63) is 52.8 Å². The Morgan fingerprint density at radius 2 is 2.03 bits per heavy atom. The Bertz CT molecular complexity index is 1010. The van der Waals surface area contributed by atoms with Crippen molar-refractivity contribution in [1.29, 1.82) is 0 Å². The maximum atomic E-state index is 13.5. The molecule has 1 aliphatic rings. The van der Waals surface area contributed by atoms with Gasteiger partial charge in [-0.15, -0.1) is 0 Å². The number of nitrogens with zero attached hydrogens (tertiary/aromatic N) is 3. The molecule has 1 unspecified atom stereocenters. The molecule has 0 bridgehead atoms. The molecule has 1 aliphatic heterocycles. The Hall–Kier alpha value is -3.16. The molecule has 2 heterocycles. The maximum Gasteiger partial charge on any atom is 0.358 e. The molecule has 2 amide bonds. The number of hydrogen-bond donors (Lipinski definition) is 1. The van der Waals surface area contributed by atoms with Crippen LogP contribution in [0.3, 0.4) is 0 Å². The van der Waals surface area contributed by atoms with Crippen LogP contribution in [0.15, 0.2) is 30.3 Å². The zero-order chi connectivity index (χ0) is 23.5. The van der Waals surface area contributed by atoms with Gasteiger partial charge < -0.3 is 15.0 Å². The van der Waals surface area contributed by atoms with E-state index in [1.165, 1.54) is 10.7 Å². The third-order valence-corrected chi connectivity index (χ3v) is 5.70. The van der Waals surface area contributed by atoms with Gasteiger partial charge >= 0.3 is 5.97 Å². The molecule has 0 fully saturated rings. The molecule has 0 spiro atoms. The van der Waals surface area contributed by atoms with Gasteiger partial charge in [-0.25, -0.2) is 4.79 Å². The first-order valence-electron chi connectivity index (χ1n) is 11.1. The third-order valence-electron chi connectivity index (χ3n) is 5.70. The van der Waals surface area contributed by atoms with E-state index in [4.69, 9.17) is 4.74 Å². The van der Waals surface area contributed by atoms with Crippen LogP contribution in [0.5, 0.6) is 0 Å². The van der Waals surface area contributed by atoms with Crippen LogP contribution in [-0.2, 0) is 22.6 Å². The van der Waals surface area contributed by atoms with E-state index in [1.807, 2.05) is 31.2 Å². The smallest absolute Gasteiger partial charge is 0.358 e. The number of carbonyl (C=O) groups excluding carboxylic acids is 3. The molecule has 172 valence electrons. The zero-order valence-electron chi connectivity index (χ0n) is 19.5. The van der Waals surface area contributed by atoms with E-state index < -0.39 is 11.5 Å². The van der Waals surface area contributed by atoms with Gasteiger partial charge in [0, 0.05) is 19.2 Å². The first-order chi connectivity index (χ1) is 15.2. The summed E-state index contributed by atoms with van der Waals surface area (Å²) in [7, 11) is 0. The molecule has 1 aromatic heterocycles. The average Bonchev–Trinajstić information content (AvgIpc) is 3.15. The number of ether oxygens (including phenoxy) is 1. The minimum Gasteiger partial charge on any atom is -0.461 e. The third kappa shape index (κ3) is 4.84. The summed E-state index contributed by atoms with van der Waals surface area (Å²) in [5.74, 6) is -0.722. The molecule has 2 aromatic rings. The van der Waals surface area contributed by atoms with Crippen LogP contribution in [0.1, 0.15) is 66.2 Å². The number of hydrogen-bond acceptors (Lipinski definition) is 5. The highest BCUT2D eigenvalue weighted by Crippen LogP contribution is 2.29. The molecular weight excluding hydrogens is 408 g/mol. The molecule has 1 atom stereocenters. The number of aromatic nitrogens is 2. The number of benzene rings is 1. The van der Waals surface area contributed by atoms with Crippen molar-refractivity contribution >= 4 is 17.8 Å². The number of nitrogens with one attached hydrogen (secondary N) is 1. The SMILES string of the molecule is CCOC(=O)c1cc2n(n1)CC(C)(C(=O)NCCC(C)C)N(Cc1cccc(C)c1)C2=O. The number of rotatable bonds is 8. The summed E-state index contributed by atoms with van der Waals surface area (Å²) >= 11 is 0. The number of aryl methyl sites for hydroxylation is 1. The summed E-state index contributed by atoms with van der Waals surface area (Å²) in [6.45, 7) is 10.8. The molecule has 32 heavy (non-hydrogen) atoms. The van der Waals surface area contributed by atoms with Gasteiger partial charge in [-0.3, -0.25) is 14.3 Å². The van der Waals surface area contributed by atoms with Crippen molar-refractivity contribution in [2.45, 2.75) is 59.7 Å². The van der Waals surface area contributed by atoms with E-state index in [0.717, 1.165) is 17.5 Å². The second-order valence-corrected chi connectivity index (χ2v) is 8.89. The van der Waals surface area contributed by atoms with Gasteiger partial charge in [-0.05, 0) is 38.7 Å². The lowest BCUT2D eigenvalue weighted by Gasteiger charge is -2.43. The molecular formula is C24H32N4O4. The summed E-state index contributed by atoms with van der Waals surface area (Å²) in [5, 5.41) is 7.26. The molecule has 1 N–H and O–H groups in total. The van der Waals surface area contributed by atoms with Crippen LogP contribution in [0.25, 0.3) is 0 Å². The highest BCUT2D eigenvalue weighted by molar-refractivity contribution is 6.01. The quantitative estimate of drug-likeness (QED) is 0.637. The highest BCUT2D eigenvalue weighted by Gasteiger charge is 2.48. The average molecular weight is 441 g/mol. The van der Waals surface area contributed by atoms with E-state index in [-0.39, 0.29) is 42.9 Å². The lowest BCUT2D eigenvalue weighted by Crippen LogP contribution is -2.63. The molecule has 0 saturated carbocycles. The summed E-state index contributed by atoms with van der Waals surface area (Å²) in [6, 6.07) is 9.30. The first-order valence-corrected chi connectivity index (χ1v) is 11.1. The molecule has 1 aromatic carbocycles. The largest absolute Gasteiger partial charge is 0.461 e. The Kier molecular flexibility index (Phi) is 7.01. The van der Waals surface area contributed by atoms with Crippen molar-refractivity contribution in [3.8, 4) is 0 Å². The minimum absolute atomic E-state index is 0.0650. The normalized spacial score (nSPS) is 17.9. The van der Waals surface area contributed by atoms with Gasteiger partial charge in [0.2, 0.25) is 5.91 Å². The maximum absolute atomic E-state index is 13.5. The molecule has 0 aliphatic carbocycles. The standard InChI is InChI=1S/C24H32N4O4/c1-6-32-22(30)19-13-20-21(29)27(14-18-9-7-8-17(4)12-18)24(5,15-28(20)26-19)23(31)25-11-10-16(2)3/h7-9,12-13,16H,6,10-11,14-15H2,1-5H3,(H,25,31). The fourth-order valence-corrected chi connectivity index (χ4v) is 3.85. The fraction of sp³-hybridized carbons (Fsp3) is 0.500. The Morgan fingerprint density at radius 1 is 1.28 bits per heavy atom. The van der Waals surface area contributed by atoms with Crippen molar-refractivity contribution in [3.63, 3.8) is 0 Å². The second-order valence-electron chi connectivity index (χ2n) is 8.89. The van der Waals surface area contributed by atoms with E-state index in [0.29, 0.717) is 12.5 Å². The van der Waals surface area contributed by atoms with Gasteiger partial charge in [0.25, 0.3) is 5.91 Å². The summed E-state index contributed by atoms with van der Waals surface area (Å²) in [6.07, 6.45) is 0.841. The van der Waals surface area contributed by atoms with Crippen LogP contribution in [0.2, 0.25) is 0 Å².